The second-order valence-corrected chi connectivity index (χ2v) is 6.20. The lowest BCUT2D eigenvalue weighted by atomic mass is 10.1. The zero-order chi connectivity index (χ0) is 12.7. The number of nitrogens with zero attached hydrogens (tertiary/aromatic N) is 3. The Morgan fingerprint density at radius 1 is 1.50 bits per heavy atom. The van der Waals surface area contributed by atoms with Crippen molar-refractivity contribution in [3.05, 3.63) is 0 Å². The van der Waals surface area contributed by atoms with Gasteiger partial charge in [0, 0.05) is 32.1 Å². The highest BCUT2D eigenvalue weighted by Crippen LogP contribution is 2.39. The van der Waals surface area contributed by atoms with Crippen molar-refractivity contribution in [2.75, 3.05) is 36.5 Å². The van der Waals surface area contributed by atoms with Crippen LogP contribution in [0, 0.1) is 0 Å². The summed E-state index contributed by atoms with van der Waals surface area (Å²) in [5.74, 6) is 0.945. The minimum Gasteiger partial charge on any atom is -0.382 e. The highest BCUT2D eigenvalue weighted by molar-refractivity contribution is 7.99. The fourth-order valence-corrected chi connectivity index (χ4v) is 4.45. The summed E-state index contributed by atoms with van der Waals surface area (Å²) in [5, 5.41) is 1.17. The summed E-state index contributed by atoms with van der Waals surface area (Å²) in [4.78, 5) is 17.1. The SMILES string of the molecule is CSc1c(N)nsc1N1CCN2C(=O)CCC2C1. The Morgan fingerprint density at radius 3 is 3.11 bits per heavy atom. The summed E-state index contributed by atoms with van der Waals surface area (Å²) in [7, 11) is 0. The number of anilines is 2. The topological polar surface area (TPSA) is 62.5 Å². The molecule has 3 heterocycles. The van der Waals surface area contributed by atoms with E-state index in [1.54, 1.807) is 11.8 Å². The summed E-state index contributed by atoms with van der Waals surface area (Å²) in [5.41, 5.74) is 5.87. The minimum atomic E-state index is 0.313. The van der Waals surface area contributed by atoms with Crippen LogP contribution in [0.1, 0.15) is 12.8 Å². The first-order valence-corrected chi connectivity index (χ1v) is 8.04. The van der Waals surface area contributed by atoms with Gasteiger partial charge in [0.2, 0.25) is 5.91 Å². The summed E-state index contributed by atoms with van der Waals surface area (Å²) in [6.45, 7) is 2.63. The third kappa shape index (κ3) is 1.85. The Bertz CT molecular complexity index is 476. The van der Waals surface area contributed by atoms with Crippen molar-refractivity contribution in [1.82, 2.24) is 9.27 Å². The summed E-state index contributed by atoms with van der Waals surface area (Å²) >= 11 is 3.12. The van der Waals surface area contributed by atoms with Gasteiger partial charge in [-0.25, -0.2) is 0 Å². The maximum absolute atomic E-state index is 11.7. The molecule has 1 amide bonds. The maximum atomic E-state index is 11.7. The van der Waals surface area contributed by atoms with Gasteiger partial charge in [-0.3, -0.25) is 4.79 Å². The number of amides is 1. The van der Waals surface area contributed by atoms with Gasteiger partial charge in [-0.1, -0.05) is 0 Å². The Balaban J connectivity index is 1.80. The number of hydrogen-bond acceptors (Lipinski definition) is 6. The van der Waals surface area contributed by atoms with E-state index < -0.39 is 0 Å². The molecule has 2 saturated heterocycles. The molecule has 2 N–H and O–H groups in total. The minimum absolute atomic E-state index is 0.313. The normalized spacial score (nSPS) is 23.6. The van der Waals surface area contributed by atoms with Gasteiger partial charge in [-0.05, 0) is 24.2 Å². The summed E-state index contributed by atoms with van der Waals surface area (Å²) in [6.07, 6.45) is 3.72. The average Bonchev–Trinajstić information content (AvgIpc) is 2.93. The van der Waals surface area contributed by atoms with Crippen molar-refractivity contribution in [1.29, 1.82) is 0 Å². The highest BCUT2D eigenvalue weighted by Gasteiger charge is 2.36. The van der Waals surface area contributed by atoms with E-state index in [2.05, 4.69) is 9.27 Å². The molecular weight excluding hydrogens is 268 g/mol. The lowest BCUT2D eigenvalue weighted by Gasteiger charge is -2.38. The van der Waals surface area contributed by atoms with E-state index in [0.717, 1.165) is 31.0 Å². The van der Waals surface area contributed by atoms with Crippen molar-refractivity contribution in [3.63, 3.8) is 0 Å². The van der Waals surface area contributed by atoms with Crippen LogP contribution in [0.2, 0.25) is 0 Å². The van der Waals surface area contributed by atoms with E-state index in [-0.39, 0.29) is 0 Å². The Kier molecular flexibility index (Phi) is 3.11. The number of rotatable bonds is 2. The molecule has 2 aliphatic rings. The van der Waals surface area contributed by atoms with E-state index in [9.17, 15) is 4.79 Å². The molecule has 0 bridgehead atoms. The van der Waals surface area contributed by atoms with Gasteiger partial charge in [0.25, 0.3) is 0 Å². The van der Waals surface area contributed by atoms with Crippen LogP contribution in [0.4, 0.5) is 10.8 Å². The molecule has 98 valence electrons. The quantitative estimate of drug-likeness (QED) is 0.828. The number of carbonyl (C=O) groups is 1. The summed E-state index contributed by atoms with van der Waals surface area (Å²) in [6, 6.07) is 0.379. The Hall–Kier alpha value is -0.950. The second kappa shape index (κ2) is 4.62. The standard InChI is InChI=1S/C11H16N4OS2/c1-17-9-10(12)13-18-11(9)14-4-5-15-7(6-14)2-3-8(15)16/h7H,2-6H2,1H3,(H2,12,13). The first-order chi connectivity index (χ1) is 8.70. The van der Waals surface area contributed by atoms with Crippen molar-refractivity contribution < 1.29 is 4.79 Å². The van der Waals surface area contributed by atoms with Crippen LogP contribution < -0.4 is 10.6 Å². The predicted octanol–water partition coefficient (Wildman–Crippen LogP) is 1.26. The number of nitrogen functional groups attached to an aromatic ring is 1. The van der Waals surface area contributed by atoms with Gasteiger partial charge < -0.3 is 15.5 Å². The van der Waals surface area contributed by atoms with Gasteiger partial charge in [0.05, 0.1) is 4.90 Å². The van der Waals surface area contributed by atoms with E-state index >= 15 is 0 Å². The largest absolute Gasteiger partial charge is 0.382 e. The third-order valence-corrected chi connectivity index (χ3v) is 5.51. The highest BCUT2D eigenvalue weighted by atomic mass is 32.2. The number of piperazine rings is 1. The fourth-order valence-electron chi connectivity index (χ4n) is 2.73. The molecule has 0 spiro atoms. The van der Waals surface area contributed by atoms with E-state index in [0.29, 0.717) is 24.2 Å². The lowest BCUT2D eigenvalue weighted by molar-refractivity contribution is -0.129. The van der Waals surface area contributed by atoms with Crippen LogP contribution >= 0.6 is 23.3 Å². The first-order valence-electron chi connectivity index (χ1n) is 6.04. The fraction of sp³-hybridized carbons (Fsp3) is 0.636. The lowest BCUT2D eigenvalue weighted by Crippen LogP contribution is -2.51. The molecule has 0 radical (unpaired) electrons. The molecule has 7 heteroatoms. The first kappa shape index (κ1) is 12.1. The number of aromatic nitrogens is 1. The molecule has 1 aromatic heterocycles. The zero-order valence-corrected chi connectivity index (χ0v) is 11.9. The molecule has 0 saturated carbocycles. The molecule has 3 rings (SSSR count). The predicted molar refractivity (Wildman–Crippen MR) is 75.3 cm³/mol. The number of fused-ring (bicyclic) bond motifs is 1. The van der Waals surface area contributed by atoms with E-state index in [1.807, 2.05) is 11.2 Å². The molecule has 5 nitrogen and oxygen atoms in total. The van der Waals surface area contributed by atoms with E-state index in [4.69, 9.17) is 5.73 Å². The Labute approximate surface area is 114 Å². The molecule has 1 atom stereocenters. The van der Waals surface area contributed by atoms with Crippen LogP contribution in [0.25, 0.3) is 0 Å². The van der Waals surface area contributed by atoms with Crippen molar-refractivity contribution >= 4 is 40.0 Å². The van der Waals surface area contributed by atoms with Crippen LogP contribution in [0.3, 0.4) is 0 Å². The third-order valence-electron chi connectivity index (χ3n) is 3.64. The monoisotopic (exact) mass is 284 g/mol. The van der Waals surface area contributed by atoms with Gasteiger partial charge in [0.1, 0.15) is 5.00 Å². The second-order valence-electron chi connectivity index (χ2n) is 4.63. The van der Waals surface area contributed by atoms with Gasteiger partial charge in [0.15, 0.2) is 5.82 Å². The zero-order valence-electron chi connectivity index (χ0n) is 10.3. The molecule has 0 aliphatic carbocycles. The van der Waals surface area contributed by atoms with Gasteiger partial charge in [-0.2, -0.15) is 4.37 Å². The van der Waals surface area contributed by atoms with Gasteiger partial charge in [-0.15, -0.1) is 11.8 Å². The smallest absolute Gasteiger partial charge is 0.223 e. The van der Waals surface area contributed by atoms with E-state index in [1.165, 1.54) is 16.5 Å². The molecule has 2 aliphatic heterocycles. The van der Waals surface area contributed by atoms with Gasteiger partial charge >= 0.3 is 0 Å². The Morgan fingerprint density at radius 2 is 2.33 bits per heavy atom. The van der Waals surface area contributed by atoms with Crippen molar-refractivity contribution in [2.45, 2.75) is 23.8 Å². The van der Waals surface area contributed by atoms with Crippen molar-refractivity contribution in [3.8, 4) is 0 Å². The number of nitrogens with two attached hydrogens (primary N) is 1. The molecule has 18 heavy (non-hydrogen) atoms. The number of hydrogen-bond donors (Lipinski definition) is 1. The molecule has 0 aromatic carbocycles. The van der Waals surface area contributed by atoms with Crippen LogP contribution in [0.5, 0.6) is 0 Å². The average molecular weight is 284 g/mol. The summed E-state index contributed by atoms with van der Waals surface area (Å²) < 4.78 is 4.24. The molecular formula is C11H16N4OS2. The maximum Gasteiger partial charge on any atom is 0.223 e. The number of carbonyl (C=O) groups excluding carboxylic acids is 1. The molecule has 1 aromatic rings. The van der Waals surface area contributed by atoms with Crippen molar-refractivity contribution in [2.24, 2.45) is 0 Å². The number of thioether (sulfide) groups is 1. The van der Waals surface area contributed by atoms with Crippen LogP contribution in [-0.4, -0.2) is 47.1 Å². The molecule has 1 unspecified atom stereocenters. The van der Waals surface area contributed by atoms with Crippen LogP contribution in [0.15, 0.2) is 4.90 Å². The van der Waals surface area contributed by atoms with Crippen LogP contribution in [-0.2, 0) is 4.79 Å². The molecule has 2 fully saturated rings.